The van der Waals surface area contributed by atoms with E-state index in [2.05, 4.69) is 31.3 Å². The van der Waals surface area contributed by atoms with E-state index in [0.29, 0.717) is 0 Å². The molecule has 0 saturated carbocycles. The van der Waals surface area contributed by atoms with Gasteiger partial charge in [-0.05, 0) is 36.6 Å². The number of hydrogen-bond acceptors (Lipinski definition) is 2. The monoisotopic (exact) mass is 249 g/mol. The van der Waals surface area contributed by atoms with Gasteiger partial charge in [-0.15, -0.1) is 0 Å². The number of ether oxygens (including phenoxy) is 1. The van der Waals surface area contributed by atoms with E-state index in [4.69, 9.17) is 4.74 Å². The average Bonchev–Trinajstić information content (AvgIpc) is 2.43. The molecule has 0 fully saturated rings. The predicted octanol–water partition coefficient (Wildman–Crippen LogP) is 4.00. The van der Waals surface area contributed by atoms with Gasteiger partial charge in [-0.3, -0.25) is 0 Å². The summed E-state index contributed by atoms with van der Waals surface area (Å²) in [6.45, 7) is 6.63. The Balaban J connectivity index is 2.26. The number of hydrogen-bond donors (Lipinski definition) is 1. The molecule has 1 aromatic carbocycles. The van der Waals surface area contributed by atoms with Gasteiger partial charge in [0.1, 0.15) is 5.75 Å². The van der Waals surface area contributed by atoms with E-state index < -0.39 is 0 Å². The molecule has 0 saturated heterocycles. The molecule has 0 unspecified atom stereocenters. The minimum Gasteiger partial charge on any atom is -0.497 e. The van der Waals surface area contributed by atoms with Crippen LogP contribution in [0.25, 0.3) is 0 Å². The van der Waals surface area contributed by atoms with Crippen molar-refractivity contribution in [2.45, 2.75) is 46.1 Å². The third-order valence-electron chi connectivity index (χ3n) is 3.46. The first-order chi connectivity index (χ1) is 8.80. The summed E-state index contributed by atoms with van der Waals surface area (Å²) in [4.78, 5) is 0. The molecule has 0 aliphatic carbocycles. The van der Waals surface area contributed by atoms with Crippen molar-refractivity contribution in [3.8, 4) is 5.75 Å². The van der Waals surface area contributed by atoms with Gasteiger partial charge in [-0.1, -0.05) is 45.2 Å². The van der Waals surface area contributed by atoms with Gasteiger partial charge in [0.2, 0.25) is 0 Å². The second-order valence-electron chi connectivity index (χ2n) is 4.90. The topological polar surface area (TPSA) is 21.3 Å². The van der Waals surface area contributed by atoms with E-state index in [-0.39, 0.29) is 0 Å². The molecular formula is C16H27NO. The molecule has 2 nitrogen and oxygen atoms in total. The molecule has 2 heteroatoms. The van der Waals surface area contributed by atoms with Crippen molar-refractivity contribution in [1.29, 1.82) is 0 Å². The molecule has 0 radical (unpaired) electrons. The predicted molar refractivity (Wildman–Crippen MR) is 78.0 cm³/mol. The fraction of sp³-hybridized carbons (Fsp3) is 0.625. The van der Waals surface area contributed by atoms with E-state index in [1.807, 2.05) is 12.1 Å². The van der Waals surface area contributed by atoms with Gasteiger partial charge in [0, 0.05) is 6.54 Å². The highest BCUT2D eigenvalue weighted by Crippen LogP contribution is 2.13. The van der Waals surface area contributed by atoms with Crippen LogP contribution in [-0.4, -0.2) is 13.7 Å². The van der Waals surface area contributed by atoms with Crippen molar-refractivity contribution in [3.63, 3.8) is 0 Å². The molecule has 1 atom stereocenters. The highest BCUT2D eigenvalue weighted by molar-refractivity contribution is 5.26. The van der Waals surface area contributed by atoms with Gasteiger partial charge in [-0.25, -0.2) is 0 Å². The van der Waals surface area contributed by atoms with E-state index in [9.17, 15) is 0 Å². The van der Waals surface area contributed by atoms with E-state index >= 15 is 0 Å². The third-order valence-corrected chi connectivity index (χ3v) is 3.46. The van der Waals surface area contributed by atoms with Crippen LogP contribution in [0.5, 0.6) is 5.75 Å². The van der Waals surface area contributed by atoms with Crippen LogP contribution in [0.4, 0.5) is 0 Å². The van der Waals surface area contributed by atoms with Crippen molar-refractivity contribution in [3.05, 3.63) is 29.8 Å². The number of benzene rings is 1. The standard InChI is InChI=1S/C16H27NO/c1-4-6-7-14(5-2)12-17-13-15-8-10-16(18-3)11-9-15/h8-11,14,17H,4-7,12-13H2,1-3H3/t14-/m1/s1. The summed E-state index contributed by atoms with van der Waals surface area (Å²) in [6.07, 6.45) is 5.27. The maximum absolute atomic E-state index is 5.15. The van der Waals surface area contributed by atoms with Crippen LogP contribution in [0.3, 0.4) is 0 Å². The first-order valence-corrected chi connectivity index (χ1v) is 7.13. The van der Waals surface area contributed by atoms with Gasteiger partial charge in [0.25, 0.3) is 0 Å². The Morgan fingerprint density at radius 2 is 1.89 bits per heavy atom. The summed E-state index contributed by atoms with van der Waals surface area (Å²) in [6, 6.07) is 8.29. The highest BCUT2D eigenvalue weighted by atomic mass is 16.5. The molecule has 18 heavy (non-hydrogen) atoms. The Bertz CT molecular complexity index is 307. The molecule has 0 aromatic heterocycles. The van der Waals surface area contributed by atoms with Crippen molar-refractivity contribution >= 4 is 0 Å². The average molecular weight is 249 g/mol. The second-order valence-corrected chi connectivity index (χ2v) is 4.90. The number of methoxy groups -OCH3 is 1. The smallest absolute Gasteiger partial charge is 0.118 e. The Hall–Kier alpha value is -1.02. The van der Waals surface area contributed by atoms with Crippen LogP contribution in [-0.2, 0) is 6.54 Å². The quantitative estimate of drug-likeness (QED) is 0.714. The van der Waals surface area contributed by atoms with Crippen LogP contribution in [0.2, 0.25) is 0 Å². The Morgan fingerprint density at radius 1 is 1.17 bits per heavy atom. The van der Waals surface area contributed by atoms with Crippen molar-refractivity contribution in [1.82, 2.24) is 5.32 Å². The van der Waals surface area contributed by atoms with Gasteiger partial charge in [-0.2, -0.15) is 0 Å². The fourth-order valence-corrected chi connectivity index (χ4v) is 2.11. The molecule has 0 aliphatic heterocycles. The lowest BCUT2D eigenvalue weighted by molar-refractivity contribution is 0.413. The molecule has 1 aromatic rings. The van der Waals surface area contributed by atoms with E-state index in [1.165, 1.54) is 31.2 Å². The normalized spacial score (nSPS) is 12.4. The van der Waals surface area contributed by atoms with Crippen LogP contribution in [0.15, 0.2) is 24.3 Å². The van der Waals surface area contributed by atoms with Gasteiger partial charge >= 0.3 is 0 Å². The summed E-state index contributed by atoms with van der Waals surface area (Å²) >= 11 is 0. The van der Waals surface area contributed by atoms with E-state index in [1.54, 1.807) is 7.11 Å². The summed E-state index contributed by atoms with van der Waals surface area (Å²) in [5.74, 6) is 1.75. The largest absolute Gasteiger partial charge is 0.497 e. The lowest BCUT2D eigenvalue weighted by atomic mass is 9.99. The SMILES string of the molecule is CCCC[C@@H](CC)CNCc1ccc(OC)cc1. The highest BCUT2D eigenvalue weighted by Gasteiger charge is 2.04. The Morgan fingerprint density at radius 3 is 2.44 bits per heavy atom. The molecule has 0 spiro atoms. The Labute approximate surface area is 112 Å². The van der Waals surface area contributed by atoms with Gasteiger partial charge in [0.05, 0.1) is 7.11 Å². The number of unbranched alkanes of at least 4 members (excludes halogenated alkanes) is 1. The third kappa shape index (κ3) is 5.54. The fourth-order valence-electron chi connectivity index (χ4n) is 2.11. The van der Waals surface area contributed by atoms with Gasteiger partial charge in [0.15, 0.2) is 0 Å². The lowest BCUT2D eigenvalue weighted by Crippen LogP contribution is -2.22. The Kier molecular flexibility index (Phi) is 7.51. The van der Waals surface area contributed by atoms with Crippen LogP contribution in [0.1, 0.15) is 45.1 Å². The number of nitrogens with one attached hydrogen (secondary N) is 1. The molecule has 0 amide bonds. The first kappa shape index (κ1) is 15.0. The molecule has 0 bridgehead atoms. The summed E-state index contributed by atoms with van der Waals surface area (Å²) in [7, 11) is 1.70. The summed E-state index contributed by atoms with van der Waals surface area (Å²) in [5, 5.41) is 3.56. The lowest BCUT2D eigenvalue weighted by Gasteiger charge is -2.15. The van der Waals surface area contributed by atoms with E-state index in [0.717, 1.165) is 24.8 Å². The van der Waals surface area contributed by atoms with Gasteiger partial charge < -0.3 is 10.1 Å². The first-order valence-electron chi connectivity index (χ1n) is 7.13. The van der Waals surface area contributed by atoms with Crippen molar-refractivity contribution in [2.75, 3.05) is 13.7 Å². The van der Waals surface area contributed by atoms with Crippen LogP contribution < -0.4 is 10.1 Å². The van der Waals surface area contributed by atoms with Crippen molar-refractivity contribution < 1.29 is 4.74 Å². The molecule has 0 heterocycles. The molecule has 0 aliphatic rings. The molecule has 102 valence electrons. The zero-order valence-electron chi connectivity index (χ0n) is 12.0. The minimum atomic E-state index is 0.822. The maximum Gasteiger partial charge on any atom is 0.118 e. The zero-order valence-corrected chi connectivity index (χ0v) is 12.0. The van der Waals surface area contributed by atoms with Crippen molar-refractivity contribution in [2.24, 2.45) is 5.92 Å². The molecular weight excluding hydrogens is 222 g/mol. The summed E-state index contributed by atoms with van der Waals surface area (Å²) in [5.41, 5.74) is 1.32. The second kappa shape index (κ2) is 8.98. The molecule has 1 rings (SSSR count). The minimum absolute atomic E-state index is 0.822. The molecule has 1 N–H and O–H groups in total. The number of rotatable bonds is 9. The van der Waals surface area contributed by atoms with Crippen LogP contribution in [0, 0.1) is 5.92 Å². The maximum atomic E-state index is 5.15. The van der Waals surface area contributed by atoms with Crippen LogP contribution >= 0.6 is 0 Å². The summed E-state index contributed by atoms with van der Waals surface area (Å²) < 4.78 is 5.15. The zero-order chi connectivity index (χ0) is 13.2.